The van der Waals surface area contributed by atoms with Gasteiger partial charge in [0.2, 0.25) is 0 Å². The zero-order chi connectivity index (χ0) is 14.0. The second-order valence-corrected chi connectivity index (χ2v) is 7.18. The number of piperazine rings is 1. The summed E-state index contributed by atoms with van der Waals surface area (Å²) < 4.78 is 0. The van der Waals surface area contributed by atoms with Gasteiger partial charge >= 0.3 is 0 Å². The van der Waals surface area contributed by atoms with Gasteiger partial charge in [-0.05, 0) is 52.0 Å². The minimum Gasteiger partial charge on any atom is -0.298 e. The van der Waals surface area contributed by atoms with Crippen molar-refractivity contribution in [2.24, 2.45) is 0 Å². The Morgan fingerprint density at radius 2 is 1.84 bits per heavy atom. The lowest BCUT2D eigenvalue weighted by atomic mass is 9.76. The molecule has 104 valence electrons. The van der Waals surface area contributed by atoms with Crippen LogP contribution in [0.2, 0.25) is 0 Å². The molecule has 0 bridgehead atoms. The van der Waals surface area contributed by atoms with Crippen LogP contribution in [-0.4, -0.2) is 52.8 Å². The fourth-order valence-corrected chi connectivity index (χ4v) is 3.74. The summed E-state index contributed by atoms with van der Waals surface area (Å²) in [6, 6.07) is 0.451. The first kappa shape index (κ1) is 13.1. The van der Waals surface area contributed by atoms with Gasteiger partial charge in [0, 0.05) is 36.6 Å². The second-order valence-electron chi connectivity index (χ2n) is 7.18. The average Bonchev–Trinajstić information content (AvgIpc) is 2.66. The standard InChI is InChI=1S/C16H24N2O/c1-15(2)16(3,4)18-9-11-8-12(19)6-7-13(11)14(18)10-17(15)5/h6-7,14H,8-10H2,1-5H3. The molecular weight excluding hydrogens is 236 g/mol. The molecule has 19 heavy (non-hydrogen) atoms. The van der Waals surface area contributed by atoms with Gasteiger partial charge < -0.3 is 0 Å². The first-order valence-electron chi connectivity index (χ1n) is 7.16. The Morgan fingerprint density at radius 1 is 1.16 bits per heavy atom. The molecule has 0 aromatic heterocycles. The van der Waals surface area contributed by atoms with Crippen LogP contribution in [0.4, 0.5) is 0 Å². The maximum absolute atomic E-state index is 11.6. The fraction of sp³-hybridized carbons (Fsp3) is 0.688. The predicted molar refractivity (Wildman–Crippen MR) is 77.1 cm³/mol. The van der Waals surface area contributed by atoms with Crippen molar-refractivity contribution < 1.29 is 4.79 Å². The van der Waals surface area contributed by atoms with Crippen LogP contribution in [0.15, 0.2) is 23.3 Å². The highest BCUT2D eigenvalue weighted by Gasteiger charge is 2.54. The molecule has 0 aromatic carbocycles. The van der Waals surface area contributed by atoms with Crippen LogP contribution >= 0.6 is 0 Å². The second kappa shape index (κ2) is 3.80. The lowest BCUT2D eigenvalue weighted by Crippen LogP contribution is -2.72. The number of nitrogens with zero attached hydrogens (tertiary/aromatic N) is 2. The summed E-state index contributed by atoms with van der Waals surface area (Å²) >= 11 is 0. The van der Waals surface area contributed by atoms with E-state index in [1.807, 2.05) is 0 Å². The highest BCUT2D eigenvalue weighted by atomic mass is 16.1. The molecule has 1 aliphatic carbocycles. The molecule has 1 unspecified atom stereocenters. The predicted octanol–water partition coefficient (Wildman–Crippen LogP) is 2.00. The summed E-state index contributed by atoms with van der Waals surface area (Å²) in [5, 5.41) is 0. The molecule has 0 aromatic rings. The number of carbonyl (C=O) groups excluding carboxylic acids is 1. The summed E-state index contributed by atoms with van der Waals surface area (Å²) in [6.45, 7) is 11.3. The number of hydrogen-bond acceptors (Lipinski definition) is 3. The summed E-state index contributed by atoms with van der Waals surface area (Å²) in [7, 11) is 2.22. The molecule has 1 fully saturated rings. The molecule has 2 aliphatic heterocycles. The van der Waals surface area contributed by atoms with Crippen LogP contribution in [0.1, 0.15) is 34.1 Å². The topological polar surface area (TPSA) is 23.6 Å². The van der Waals surface area contributed by atoms with E-state index in [0.717, 1.165) is 13.1 Å². The van der Waals surface area contributed by atoms with Crippen molar-refractivity contribution in [2.75, 3.05) is 20.1 Å². The van der Waals surface area contributed by atoms with Crippen molar-refractivity contribution >= 4 is 5.78 Å². The van der Waals surface area contributed by atoms with E-state index in [-0.39, 0.29) is 16.9 Å². The van der Waals surface area contributed by atoms with Gasteiger partial charge in [-0.3, -0.25) is 14.6 Å². The van der Waals surface area contributed by atoms with Crippen molar-refractivity contribution in [3.63, 3.8) is 0 Å². The third-order valence-electron chi connectivity index (χ3n) is 5.96. The highest BCUT2D eigenvalue weighted by Crippen LogP contribution is 2.45. The third-order valence-corrected chi connectivity index (χ3v) is 5.96. The molecule has 0 saturated carbocycles. The minimum atomic E-state index is 0.0961. The van der Waals surface area contributed by atoms with E-state index in [2.05, 4.69) is 50.6 Å². The quantitative estimate of drug-likeness (QED) is 0.665. The van der Waals surface area contributed by atoms with E-state index < -0.39 is 0 Å². The van der Waals surface area contributed by atoms with Gasteiger partial charge in [0.15, 0.2) is 5.78 Å². The van der Waals surface area contributed by atoms with Crippen LogP contribution in [0.25, 0.3) is 0 Å². The molecule has 3 nitrogen and oxygen atoms in total. The molecule has 3 heteroatoms. The maximum atomic E-state index is 11.6. The molecule has 2 heterocycles. The minimum absolute atomic E-state index is 0.0961. The molecule has 1 saturated heterocycles. The SMILES string of the molecule is CN1CC2C3=C(CC(=O)C=C3)CN2C(C)(C)C1(C)C. The lowest BCUT2D eigenvalue weighted by molar-refractivity contribution is -0.114. The number of rotatable bonds is 0. The van der Waals surface area contributed by atoms with Gasteiger partial charge in [0.25, 0.3) is 0 Å². The summed E-state index contributed by atoms with van der Waals surface area (Å²) in [6.07, 6.45) is 4.45. The van der Waals surface area contributed by atoms with Crippen LogP contribution in [0.5, 0.6) is 0 Å². The molecule has 0 radical (unpaired) electrons. The number of allylic oxidation sites excluding steroid dienone is 1. The molecule has 3 rings (SSSR count). The number of fused-ring (bicyclic) bond motifs is 2. The van der Waals surface area contributed by atoms with E-state index in [4.69, 9.17) is 0 Å². The Hall–Kier alpha value is -0.930. The summed E-state index contributed by atoms with van der Waals surface area (Å²) in [5.41, 5.74) is 2.97. The van der Waals surface area contributed by atoms with Gasteiger partial charge in [-0.1, -0.05) is 6.08 Å². The smallest absolute Gasteiger partial charge is 0.159 e. The van der Waals surface area contributed by atoms with Gasteiger partial charge in [-0.15, -0.1) is 0 Å². The molecule has 0 N–H and O–H groups in total. The molecular formula is C16H24N2O. The normalized spacial score (nSPS) is 33.5. The fourth-order valence-electron chi connectivity index (χ4n) is 3.74. The van der Waals surface area contributed by atoms with E-state index in [1.165, 1.54) is 11.1 Å². The van der Waals surface area contributed by atoms with Gasteiger partial charge in [-0.2, -0.15) is 0 Å². The lowest BCUT2D eigenvalue weighted by Gasteiger charge is -2.59. The molecule has 0 spiro atoms. The van der Waals surface area contributed by atoms with Gasteiger partial charge in [0.05, 0.1) is 0 Å². The maximum Gasteiger partial charge on any atom is 0.159 e. The first-order valence-corrected chi connectivity index (χ1v) is 7.16. The first-order chi connectivity index (χ1) is 8.75. The van der Waals surface area contributed by atoms with Crippen molar-refractivity contribution in [3.8, 4) is 0 Å². The van der Waals surface area contributed by atoms with E-state index in [0.29, 0.717) is 12.5 Å². The number of ketones is 1. The Labute approximate surface area is 115 Å². The van der Waals surface area contributed by atoms with Crippen LogP contribution in [-0.2, 0) is 4.79 Å². The zero-order valence-electron chi connectivity index (χ0n) is 12.7. The Kier molecular flexibility index (Phi) is 2.61. The van der Waals surface area contributed by atoms with Crippen molar-refractivity contribution in [1.29, 1.82) is 0 Å². The van der Waals surface area contributed by atoms with Crippen LogP contribution < -0.4 is 0 Å². The molecule has 0 amide bonds. The van der Waals surface area contributed by atoms with Crippen LogP contribution in [0.3, 0.4) is 0 Å². The average molecular weight is 260 g/mol. The Bertz CT molecular complexity index is 499. The third kappa shape index (κ3) is 1.61. The van der Waals surface area contributed by atoms with Crippen molar-refractivity contribution in [3.05, 3.63) is 23.3 Å². The summed E-state index contributed by atoms with van der Waals surface area (Å²) in [4.78, 5) is 16.7. The van der Waals surface area contributed by atoms with Crippen molar-refractivity contribution in [1.82, 2.24) is 9.80 Å². The number of likely N-dealkylation sites (N-methyl/N-ethyl adjacent to an activating group) is 1. The van der Waals surface area contributed by atoms with Crippen molar-refractivity contribution in [2.45, 2.75) is 51.2 Å². The highest BCUT2D eigenvalue weighted by molar-refractivity contribution is 5.94. The Balaban J connectivity index is 1.99. The largest absolute Gasteiger partial charge is 0.298 e. The molecule has 3 aliphatic rings. The number of hydrogen-bond donors (Lipinski definition) is 0. The molecule has 1 atom stereocenters. The van der Waals surface area contributed by atoms with E-state index in [9.17, 15) is 4.79 Å². The zero-order valence-corrected chi connectivity index (χ0v) is 12.7. The van der Waals surface area contributed by atoms with Gasteiger partial charge in [0.1, 0.15) is 0 Å². The van der Waals surface area contributed by atoms with E-state index >= 15 is 0 Å². The summed E-state index contributed by atoms with van der Waals surface area (Å²) in [5.74, 6) is 0.254. The number of carbonyl (C=O) groups is 1. The van der Waals surface area contributed by atoms with E-state index in [1.54, 1.807) is 6.08 Å². The van der Waals surface area contributed by atoms with Gasteiger partial charge in [-0.25, -0.2) is 0 Å². The Morgan fingerprint density at radius 3 is 2.53 bits per heavy atom. The monoisotopic (exact) mass is 260 g/mol. The van der Waals surface area contributed by atoms with Crippen LogP contribution in [0, 0.1) is 0 Å².